The molecule has 8 nitrogen and oxygen atoms in total. The van der Waals surface area contributed by atoms with Gasteiger partial charge in [-0.15, -0.1) is 5.10 Å². The number of ether oxygens (including phenoxy) is 2. The minimum Gasteiger partial charge on any atom is -0.497 e. The zero-order valence-corrected chi connectivity index (χ0v) is 23.4. The third-order valence-electron chi connectivity index (χ3n) is 6.55. The summed E-state index contributed by atoms with van der Waals surface area (Å²) < 4.78 is 55.8. The van der Waals surface area contributed by atoms with Crippen molar-refractivity contribution in [3.8, 4) is 16.9 Å². The Morgan fingerprint density at radius 1 is 1.15 bits per heavy atom. The summed E-state index contributed by atoms with van der Waals surface area (Å²) in [6.07, 6.45) is 1.83. The molecule has 3 aromatic rings. The van der Waals surface area contributed by atoms with Crippen molar-refractivity contribution in [3.63, 3.8) is 0 Å². The number of rotatable bonds is 10. The first-order valence-electron chi connectivity index (χ1n) is 12.7. The highest BCUT2D eigenvalue weighted by Crippen LogP contribution is 2.36. The highest BCUT2D eigenvalue weighted by Gasteiger charge is 2.29. The first kappa shape index (κ1) is 28.6. The van der Waals surface area contributed by atoms with Crippen LogP contribution in [-0.4, -0.2) is 55.9 Å². The van der Waals surface area contributed by atoms with Gasteiger partial charge in [-0.3, -0.25) is 4.90 Å². The maximum absolute atomic E-state index is 15.2. The molecular weight excluding hydrogens is 529 g/mol. The van der Waals surface area contributed by atoms with E-state index in [0.29, 0.717) is 29.8 Å². The molecule has 1 aliphatic rings. The second-order valence-electron chi connectivity index (χ2n) is 10.7. The average Bonchev–Trinajstić information content (AvgIpc) is 3.46. The van der Waals surface area contributed by atoms with Crippen LogP contribution in [0.2, 0.25) is 25.7 Å². The Kier molecular flexibility index (Phi) is 8.67. The molecule has 12 heteroatoms. The van der Waals surface area contributed by atoms with Crippen LogP contribution in [0.15, 0.2) is 36.5 Å². The molecular formula is C27H33F3N4O4Si. The van der Waals surface area contributed by atoms with Crippen LogP contribution in [0.5, 0.6) is 5.75 Å². The first-order valence-corrected chi connectivity index (χ1v) is 16.4. The number of aliphatic hydroxyl groups is 1. The van der Waals surface area contributed by atoms with Gasteiger partial charge in [-0.05, 0) is 47.9 Å². The Morgan fingerprint density at radius 3 is 2.62 bits per heavy atom. The summed E-state index contributed by atoms with van der Waals surface area (Å²) in [6.45, 7) is 7.06. The van der Waals surface area contributed by atoms with E-state index in [2.05, 4.69) is 30.1 Å². The predicted octanol–water partition coefficient (Wildman–Crippen LogP) is 5.09. The molecule has 0 unspecified atom stereocenters. The Morgan fingerprint density at radius 2 is 1.92 bits per heavy atom. The number of hydrogen-bond acceptors (Lipinski definition) is 5. The molecule has 0 fully saturated rings. The molecule has 1 aliphatic heterocycles. The van der Waals surface area contributed by atoms with Crippen molar-refractivity contribution in [2.24, 2.45) is 0 Å². The first-order chi connectivity index (χ1) is 18.5. The fourth-order valence-electron chi connectivity index (χ4n) is 4.37. The third kappa shape index (κ3) is 6.81. The second kappa shape index (κ2) is 11.8. The van der Waals surface area contributed by atoms with Crippen molar-refractivity contribution in [1.29, 1.82) is 0 Å². The zero-order chi connectivity index (χ0) is 28.3. The van der Waals surface area contributed by atoms with Crippen molar-refractivity contribution in [2.75, 3.05) is 31.8 Å². The molecule has 0 saturated heterocycles. The second-order valence-corrected chi connectivity index (χ2v) is 16.3. The van der Waals surface area contributed by atoms with Crippen LogP contribution in [0.25, 0.3) is 11.1 Å². The minimum absolute atomic E-state index is 0.00685. The van der Waals surface area contributed by atoms with Crippen molar-refractivity contribution in [3.05, 3.63) is 65.2 Å². The van der Waals surface area contributed by atoms with E-state index in [4.69, 9.17) is 9.47 Å². The number of aromatic nitrogens is 2. The van der Waals surface area contributed by atoms with Crippen LogP contribution in [0.3, 0.4) is 0 Å². The summed E-state index contributed by atoms with van der Waals surface area (Å²) >= 11 is 0. The molecule has 2 aromatic carbocycles. The maximum Gasteiger partial charge on any atom is 0.322 e. The lowest BCUT2D eigenvalue weighted by molar-refractivity contribution is 0.0774. The van der Waals surface area contributed by atoms with Gasteiger partial charge in [-0.2, -0.15) is 4.39 Å². The summed E-state index contributed by atoms with van der Waals surface area (Å²) in [6, 6.07) is 6.07. The van der Waals surface area contributed by atoms with E-state index < -0.39 is 44.3 Å². The molecule has 210 valence electrons. The van der Waals surface area contributed by atoms with Gasteiger partial charge in [0.05, 0.1) is 31.0 Å². The van der Waals surface area contributed by atoms with Gasteiger partial charge < -0.3 is 19.9 Å². The lowest BCUT2D eigenvalue weighted by Gasteiger charge is -2.23. The van der Waals surface area contributed by atoms with Crippen LogP contribution >= 0.6 is 0 Å². The van der Waals surface area contributed by atoms with Crippen LogP contribution in [0.4, 0.5) is 23.7 Å². The topological polar surface area (TPSA) is 88.9 Å². The highest BCUT2D eigenvalue weighted by molar-refractivity contribution is 6.76. The van der Waals surface area contributed by atoms with Crippen molar-refractivity contribution >= 4 is 19.8 Å². The largest absolute Gasteiger partial charge is 0.497 e. The number of nitrogens with zero attached hydrogens (tertiary/aromatic N) is 3. The number of anilines is 1. The molecule has 39 heavy (non-hydrogen) atoms. The van der Waals surface area contributed by atoms with Crippen LogP contribution in [-0.2, 0) is 17.9 Å². The van der Waals surface area contributed by atoms with Gasteiger partial charge >= 0.3 is 6.03 Å². The molecule has 0 saturated carbocycles. The number of halogens is 3. The van der Waals surface area contributed by atoms with Gasteiger partial charge in [0.1, 0.15) is 24.1 Å². The van der Waals surface area contributed by atoms with E-state index in [-0.39, 0.29) is 30.2 Å². The number of aliphatic hydroxyl groups excluding tert-OH is 1. The average molecular weight is 563 g/mol. The van der Waals surface area contributed by atoms with E-state index in [1.54, 1.807) is 0 Å². The fourth-order valence-corrected chi connectivity index (χ4v) is 5.13. The summed E-state index contributed by atoms with van der Waals surface area (Å²) in [5, 5.41) is 16.3. The molecule has 4 rings (SSSR count). The Balaban J connectivity index is 1.49. The van der Waals surface area contributed by atoms with Gasteiger partial charge in [0, 0.05) is 39.1 Å². The molecule has 1 aromatic heterocycles. The third-order valence-corrected chi connectivity index (χ3v) is 8.25. The Labute approximate surface area is 226 Å². The SMILES string of the molecule is COc1cc(F)cc([C@@H](CO)NC(=O)N2CCc3cc(-c4cn(COCC[Si](C)(C)C)nc4F)c(F)cc32)c1. The summed E-state index contributed by atoms with van der Waals surface area (Å²) in [7, 11) is 0.121. The lowest BCUT2D eigenvalue weighted by atomic mass is 10.0. The lowest BCUT2D eigenvalue weighted by Crippen LogP contribution is -2.42. The number of benzene rings is 2. The molecule has 1 atom stereocenters. The fraction of sp³-hybridized carbons (Fsp3) is 0.407. The van der Waals surface area contributed by atoms with Crippen molar-refractivity contribution < 1.29 is 32.5 Å². The quantitative estimate of drug-likeness (QED) is 0.265. The monoisotopic (exact) mass is 562 g/mol. The Hall–Kier alpha value is -3.35. The molecule has 2 heterocycles. The van der Waals surface area contributed by atoms with E-state index in [1.165, 1.54) is 53.2 Å². The van der Waals surface area contributed by atoms with E-state index >= 15 is 4.39 Å². The molecule has 0 bridgehead atoms. The standard InChI is InChI=1S/C27H33F3N4O4Si/c1-37-20-10-18(9-19(28)12-20)24(15-35)31-27(36)34-6-5-17-11-21(23(29)13-25(17)34)22-14-33(32-26(22)30)16-38-7-8-39(2,3)4/h9-14,24,35H,5-8,15-16H2,1-4H3,(H,31,36)/t24-/m1/s1. The summed E-state index contributed by atoms with van der Waals surface area (Å²) in [5.41, 5.74) is 1.37. The normalized spacial score (nSPS) is 13.9. The zero-order valence-electron chi connectivity index (χ0n) is 22.4. The molecule has 2 amide bonds. The number of methoxy groups -OCH3 is 1. The number of carbonyl (C=O) groups is 1. The van der Waals surface area contributed by atoms with Crippen molar-refractivity contribution in [2.45, 2.75) is 44.9 Å². The number of amides is 2. The molecule has 0 spiro atoms. The van der Waals surface area contributed by atoms with Gasteiger partial charge in [0.2, 0.25) is 5.95 Å². The number of carbonyl (C=O) groups excluding carboxylic acids is 1. The minimum atomic E-state index is -1.26. The molecule has 0 radical (unpaired) electrons. The number of hydrogen-bond donors (Lipinski definition) is 2. The van der Waals surface area contributed by atoms with E-state index in [0.717, 1.165) is 6.04 Å². The van der Waals surface area contributed by atoms with E-state index in [9.17, 15) is 18.7 Å². The molecule has 0 aliphatic carbocycles. The van der Waals surface area contributed by atoms with Gasteiger partial charge in [-0.25, -0.2) is 18.3 Å². The smallest absolute Gasteiger partial charge is 0.322 e. The van der Waals surface area contributed by atoms with Gasteiger partial charge in [0.25, 0.3) is 0 Å². The predicted molar refractivity (Wildman–Crippen MR) is 144 cm³/mol. The highest BCUT2D eigenvalue weighted by atomic mass is 28.3. The Bertz CT molecular complexity index is 1350. The number of nitrogens with one attached hydrogen (secondary N) is 1. The van der Waals surface area contributed by atoms with Crippen LogP contribution in [0.1, 0.15) is 17.2 Å². The molecule has 2 N–H and O–H groups in total. The summed E-state index contributed by atoms with van der Waals surface area (Å²) in [4.78, 5) is 14.4. The van der Waals surface area contributed by atoms with Crippen LogP contribution in [0, 0.1) is 17.6 Å². The van der Waals surface area contributed by atoms with E-state index in [1.807, 2.05) is 0 Å². The van der Waals surface area contributed by atoms with Crippen LogP contribution < -0.4 is 15.0 Å². The number of urea groups is 1. The summed E-state index contributed by atoms with van der Waals surface area (Å²) in [5.74, 6) is -1.86. The van der Waals surface area contributed by atoms with Gasteiger partial charge in [0.15, 0.2) is 0 Å². The van der Waals surface area contributed by atoms with Gasteiger partial charge in [-0.1, -0.05) is 19.6 Å². The van der Waals surface area contributed by atoms with Crippen molar-refractivity contribution in [1.82, 2.24) is 15.1 Å². The number of fused-ring (bicyclic) bond motifs is 1. The maximum atomic E-state index is 15.2.